The fourth-order valence-corrected chi connectivity index (χ4v) is 2.01. The number of aromatic nitrogens is 2. The van der Waals surface area contributed by atoms with Crippen LogP contribution in [0.1, 0.15) is 37.8 Å². The second-order valence-electron chi connectivity index (χ2n) is 4.21. The van der Waals surface area contributed by atoms with Gasteiger partial charge in [-0.05, 0) is 18.9 Å². The fourth-order valence-electron chi connectivity index (χ4n) is 2.01. The molecule has 1 unspecified atom stereocenters. The third kappa shape index (κ3) is 2.37. The van der Waals surface area contributed by atoms with E-state index in [2.05, 4.69) is 17.1 Å². The van der Waals surface area contributed by atoms with E-state index in [-0.39, 0.29) is 11.8 Å². The van der Waals surface area contributed by atoms with Gasteiger partial charge in [-0.15, -0.1) is 0 Å². The topological polar surface area (TPSA) is 49.0 Å². The molecule has 1 fully saturated rings. The van der Waals surface area contributed by atoms with Gasteiger partial charge in [-0.3, -0.25) is 9.89 Å². The molecule has 1 aromatic rings. The number of nitrogens with one attached hydrogen (secondary N) is 1. The first-order chi connectivity index (χ1) is 7.27. The molecule has 1 saturated heterocycles. The average Bonchev–Trinajstić information content (AvgIpc) is 2.91. The molecule has 82 valence electrons. The Labute approximate surface area is 89.7 Å². The zero-order valence-electron chi connectivity index (χ0n) is 9.07. The van der Waals surface area contributed by atoms with E-state index >= 15 is 0 Å². The molecular formula is C11H17N3O. The number of hydrogen-bond donors (Lipinski definition) is 1. The van der Waals surface area contributed by atoms with Gasteiger partial charge < -0.3 is 4.90 Å². The van der Waals surface area contributed by atoms with E-state index in [1.54, 1.807) is 6.20 Å². The molecule has 0 bridgehead atoms. The van der Waals surface area contributed by atoms with E-state index in [1.807, 2.05) is 11.0 Å². The monoisotopic (exact) mass is 207 g/mol. The molecule has 0 aromatic carbocycles. The van der Waals surface area contributed by atoms with Crippen molar-refractivity contribution in [3.63, 3.8) is 0 Å². The molecule has 0 spiro atoms. The van der Waals surface area contributed by atoms with Crippen molar-refractivity contribution in [3.05, 3.63) is 18.0 Å². The molecular weight excluding hydrogens is 190 g/mol. The van der Waals surface area contributed by atoms with Crippen molar-refractivity contribution in [3.8, 4) is 0 Å². The Bertz CT molecular complexity index is 315. The smallest absolute Gasteiger partial charge is 0.223 e. The molecule has 4 heteroatoms. The van der Waals surface area contributed by atoms with Gasteiger partial charge in [-0.2, -0.15) is 5.10 Å². The van der Waals surface area contributed by atoms with Crippen LogP contribution in [0.4, 0.5) is 0 Å². The first-order valence-corrected chi connectivity index (χ1v) is 5.54. The number of aromatic amines is 1. The number of hydrogen-bond acceptors (Lipinski definition) is 2. The Balaban J connectivity index is 1.88. The summed E-state index contributed by atoms with van der Waals surface area (Å²) in [6.45, 7) is 3.94. The average molecular weight is 207 g/mol. The van der Waals surface area contributed by atoms with Gasteiger partial charge in [0.05, 0.1) is 0 Å². The molecule has 0 radical (unpaired) electrons. The van der Waals surface area contributed by atoms with E-state index in [0.29, 0.717) is 6.42 Å². The Morgan fingerprint density at radius 1 is 1.60 bits per heavy atom. The maximum Gasteiger partial charge on any atom is 0.223 e. The van der Waals surface area contributed by atoms with E-state index in [1.165, 1.54) is 0 Å². The van der Waals surface area contributed by atoms with Crippen LogP contribution in [0.25, 0.3) is 0 Å². The maximum atomic E-state index is 11.8. The number of carbonyl (C=O) groups excluding carboxylic acids is 1. The van der Waals surface area contributed by atoms with Crippen LogP contribution in [-0.2, 0) is 4.79 Å². The minimum Gasteiger partial charge on any atom is -0.343 e. The van der Waals surface area contributed by atoms with Crippen LogP contribution in [-0.4, -0.2) is 34.1 Å². The standard InChI is InChI=1S/C11H17N3O/c1-9(10-4-5-12-13-10)8-11(15)14-6-2-3-7-14/h4-5,9H,2-3,6-8H2,1H3,(H,12,13). The lowest BCUT2D eigenvalue weighted by Crippen LogP contribution is -2.28. The molecule has 1 aromatic heterocycles. The Kier molecular flexibility index (Phi) is 3.04. The highest BCUT2D eigenvalue weighted by Crippen LogP contribution is 2.19. The van der Waals surface area contributed by atoms with Crippen LogP contribution in [0.3, 0.4) is 0 Å². The molecule has 0 saturated carbocycles. The molecule has 1 atom stereocenters. The summed E-state index contributed by atoms with van der Waals surface area (Å²) in [7, 11) is 0. The summed E-state index contributed by atoms with van der Waals surface area (Å²) >= 11 is 0. The molecule has 4 nitrogen and oxygen atoms in total. The van der Waals surface area contributed by atoms with Crippen molar-refractivity contribution in [1.82, 2.24) is 15.1 Å². The van der Waals surface area contributed by atoms with Crippen molar-refractivity contribution in [2.24, 2.45) is 0 Å². The SMILES string of the molecule is CC(CC(=O)N1CCCC1)c1ccn[nH]1. The third-order valence-electron chi connectivity index (χ3n) is 2.99. The van der Waals surface area contributed by atoms with Gasteiger partial charge in [0, 0.05) is 37.3 Å². The van der Waals surface area contributed by atoms with Crippen molar-refractivity contribution >= 4 is 5.91 Å². The Hall–Kier alpha value is -1.32. The summed E-state index contributed by atoms with van der Waals surface area (Å²) in [5.41, 5.74) is 1.04. The van der Waals surface area contributed by atoms with Crippen LogP contribution in [0, 0.1) is 0 Å². The Morgan fingerprint density at radius 2 is 2.33 bits per heavy atom. The molecule has 1 aliphatic heterocycles. The van der Waals surface area contributed by atoms with E-state index in [4.69, 9.17) is 0 Å². The number of likely N-dealkylation sites (tertiary alicyclic amines) is 1. The fraction of sp³-hybridized carbons (Fsp3) is 0.636. The van der Waals surface area contributed by atoms with Crippen LogP contribution in [0.15, 0.2) is 12.3 Å². The van der Waals surface area contributed by atoms with Crippen molar-refractivity contribution in [1.29, 1.82) is 0 Å². The van der Waals surface area contributed by atoms with Crippen LogP contribution in [0.5, 0.6) is 0 Å². The van der Waals surface area contributed by atoms with E-state index < -0.39 is 0 Å². The number of H-pyrrole nitrogens is 1. The summed E-state index contributed by atoms with van der Waals surface area (Å²) in [5.74, 6) is 0.509. The quantitative estimate of drug-likeness (QED) is 0.817. The second-order valence-corrected chi connectivity index (χ2v) is 4.21. The first kappa shape index (κ1) is 10.2. The Morgan fingerprint density at radius 3 is 2.93 bits per heavy atom. The summed E-state index contributed by atoms with van der Waals surface area (Å²) in [5, 5.41) is 6.81. The number of carbonyl (C=O) groups is 1. The highest BCUT2D eigenvalue weighted by atomic mass is 16.2. The molecule has 1 N–H and O–H groups in total. The lowest BCUT2D eigenvalue weighted by Gasteiger charge is -2.17. The summed E-state index contributed by atoms with van der Waals surface area (Å²) in [6.07, 6.45) is 4.63. The first-order valence-electron chi connectivity index (χ1n) is 5.54. The van der Waals surface area contributed by atoms with Gasteiger partial charge in [0.15, 0.2) is 0 Å². The zero-order valence-corrected chi connectivity index (χ0v) is 9.07. The molecule has 0 aliphatic carbocycles. The van der Waals surface area contributed by atoms with Gasteiger partial charge >= 0.3 is 0 Å². The highest BCUT2D eigenvalue weighted by molar-refractivity contribution is 5.77. The normalized spacial score (nSPS) is 18.1. The number of amides is 1. The van der Waals surface area contributed by atoms with E-state index in [9.17, 15) is 4.79 Å². The summed E-state index contributed by atoms with van der Waals surface area (Å²) in [6, 6.07) is 1.93. The minimum atomic E-state index is 0.237. The predicted molar refractivity (Wildman–Crippen MR) is 57.4 cm³/mol. The zero-order chi connectivity index (χ0) is 10.7. The summed E-state index contributed by atoms with van der Waals surface area (Å²) in [4.78, 5) is 13.8. The van der Waals surface area contributed by atoms with Crippen molar-refractivity contribution in [2.75, 3.05) is 13.1 Å². The second kappa shape index (κ2) is 4.47. The maximum absolute atomic E-state index is 11.8. The third-order valence-corrected chi connectivity index (χ3v) is 2.99. The van der Waals surface area contributed by atoms with E-state index in [0.717, 1.165) is 31.6 Å². The lowest BCUT2D eigenvalue weighted by atomic mass is 10.0. The van der Waals surface area contributed by atoms with Crippen LogP contribution < -0.4 is 0 Å². The molecule has 1 aliphatic rings. The predicted octanol–water partition coefficient (Wildman–Crippen LogP) is 1.53. The van der Waals surface area contributed by atoms with Crippen LogP contribution >= 0.6 is 0 Å². The van der Waals surface area contributed by atoms with Gasteiger partial charge in [-0.1, -0.05) is 6.92 Å². The van der Waals surface area contributed by atoms with Crippen molar-refractivity contribution < 1.29 is 4.79 Å². The lowest BCUT2D eigenvalue weighted by molar-refractivity contribution is -0.130. The van der Waals surface area contributed by atoms with Crippen molar-refractivity contribution in [2.45, 2.75) is 32.1 Å². The highest BCUT2D eigenvalue weighted by Gasteiger charge is 2.20. The van der Waals surface area contributed by atoms with Crippen LogP contribution in [0.2, 0.25) is 0 Å². The van der Waals surface area contributed by atoms with Gasteiger partial charge in [0.25, 0.3) is 0 Å². The molecule has 15 heavy (non-hydrogen) atoms. The minimum absolute atomic E-state index is 0.237. The van der Waals surface area contributed by atoms with Gasteiger partial charge in [-0.25, -0.2) is 0 Å². The molecule has 2 rings (SSSR count). The number of nitrogens with zero attached hydrogens (tertiary/aromatic N) is 2. The number of rotatable bonds is 3. The molecule has 2 heterocycles. The summed E-state index contributed by atoms with van der Waals surface area (Å²) < 4.78 is 0. The van der Waals surface area contributed by atoms with Gasteiger partial charge in [0.1, 0.15) is 0 Å². The largest absolute Gasteiger partial charge is 0.343 e. The van der Waals surface area contributed by atoms with Gasteiger partial charge in [0.2, 0.25) is 5.91 Å². The molecule has 1 amide bonds.